The number of carbonyl (C=O) groups is 3. The highest BCUT2D eigenvalue weighted by atomic mass is 35.5. The second-order valence-corrected chi connectivity index (χ2v) is 9.85. The molecule has 3 amide bonds. The summed E-state index contributed by atoms with van der Waals surface area (Å²) in [6.45, 7) is 4.41. The van der Waals surface area contributed by atoms with E-state index in [1.807, 2.05) is 37.3 Å². The largest absolute Gasteiger partial charge is 0.463 e. The van der Waals surface area contributed by atoms with E-state index in [-0.39, 0.29) is 12.6 Å². The molecule has 1 atom stereocenters. The molecule has 202 valence electrons. The van der Waals surface area contributed by atoms with E-state index >= 15 is 0 Å². The zero-order valence-electron chi connectivity index (χ0n) is 21.7. The van der Waals surface area contributed by atoms with Crippen LogP contribution in [0.15, 0.2) is 78.4 Å². The highest BCUT2D eigenvalue weighted by Gasteiger charge is 2.38. The number of urea groups is 1. The van der Waals surface area contributed by atoms with E-state index < -0.39 is 17.9 Å². The molecule has 39 heavy (non-hydrogen) atoms. The Labute approximate surface area is 237 Å². The summed E-state index contributed by atoms with van der Waals surface area (Å²) in [6.07, 6.45) is 1.64. The van der Waals surface area contributed by atoms with E-state index in [2.05, 4.69) is 10.6 Å². The summed E-state index contributed by atoms with van der Waals surface area (Å²) in [5.41, 5.74) is 2.95. The van der Waals surface area contributed by atoms with Gasteiger partial charge in [-0.2, -0.15) is 0 Å². The lowest BCUT2D eigenvalue weighted by Gasteiger charge is -2.37. The number of hydrogen-bond donors (Lipinski definition) is 2. The molecule has 1 aliphatic rings. The van der Waals surface area contributed by atoms with E-state index in [0.29, 0.717) is 44.7 Å². The van der Waals surface area contributed by atoms with Crippen molar-refractivity contribution >= 4 is 52.5 Å². The van der Waals surface area contributed by atoms with Crippen molar-refractivity contribution in [3.8, 4) is 0 Å². The molecule has 0 aromatic heterocycles. The fraction of sp³-hybridized carbons (Fsp3) is 0.233. The van der Waals surface area contributed by atoms with Crippen molar-refractivity contribution < 1.29 is 19.1 Å². The number of ether oxygens (including phenoxy) is 1. The van der Waals surface area contributed by atoms with Crippen LogP contribution in [0.2, 0.25) is 10.0 Å². The Morgan fingerprint density at radius 2 is 1.69 bits per heavy atom. The first-order chi connectivity index (χ1) is 18.8. The van der Waals surface area contributed by atoms with Gasteiger partial charge < -0.3 is 15.4 Å². The first-order valence-corrected chi connectivity index (χ1v) is 13.5. The second kappa shape index (κ2) is 12.8. The first-order valence-electron chi connectivity index (χ1n) is 12.7. The molecule has 0 saturated heterocycles. The number of carbonyl (C=O) groups excluding carboxylic acids is 3. The Balaban J connectivity index is 1.78. The minimum absolute atomic E-state index is 0.179. The van der Waals surface area contributed by atoms with Crippen molar-refractivity contribution in [2.24, 2.45) is 0 Å². The fourth-order valence-electron chi connectivity index (χ4n) is 4.45. The molecular weight excluding hydrogens is 537 g/mol. The van der Waals surface area contributed by atoms with E-state index in [4.69, 9.17) is 27.9 Å². The summed E-state index contributed by atoms with van der Waals surface area (Å²) >= 11 is 12.1. The topological polar surface area (TPSA) is 87.7 Å². The van der Waals surface area contributed by atoms with Crippen LogP contribution in [0.1, 0.15) is 54.2 Å². The van der Waals surface area contributed by atoms with Gasteiger partial charge in [-0.25, -0.2) is 9.59 Å². The molecule has 3 aromatic rings. The van der Waals surface area contributed by atoms with Crippen LogP contribution in [0.25, 0.3) is 5.70 Å². The summed E-state index contributed by atoms with van der Waals surface area (Å²) in [5, 5.41) is 6.52. The maximum Gasteiger partial charge on any atom is 0.338 e. The maximum absolute atomic E-state index is 13.5. The number of nitrogens with zero attached hydrogens (tertiary/aromatic N) is 1. The quantitative estimate of drug-likeness (QED) is 0.271. The number of esters is 1. The smallest absolute Gasteiger partial charge is 0.338 e. The monoisotopic (exact) mass is 565 g/mol. The minimum Gasteiger partial charge on any atom is -0.463 e. The van der Waals surface area contributed by atoms with Gasteiger partial charge in [0.1, 0.15) is 0 Å². The number of anilines is 1. The van der Waals surface area contributed by atoms with Crippen LogP contribution < -0.4 is 10.6 Å². The van der Waals surface area contributed by atoms with Gasteiger partial charge in [-0.1, -0.05) is 79.0 Å². The average molecular weight is 566 g/mol. The van der Waals surface area contributed by atoms with Crippen LogP contribution in [-0.2, 0) is 9.53 Å². The Hall–Kier alpha value is -3.81. The molecule has 2 N–H and O–H groups in total. The molecular formula is C30H29Cl2N3O4. The average Bonchev–Trinajstić information content (AvgIpc) is 2.92. The number of amides is 3. The van der Waals surface area contributed by atoms with Gasteiger partial charge in [-0.3, -0.25) is 9.69 Å². The Morgan fingerprint density at radius 1 is 0.974 bits per heavy atom. The molecule has 0 spiro atoms. The van der Waals surface area contributed by atoms with E-state index in [1.165, 1.54) is 12.1 Å². The molecule has 7 nitrogen and oxygen atoms in total. The summed E-state index contributed by atoms with van der Waals surface area (Å²) in [6, 6.07) is 19.8. The second-order valence-electron chi connectivity index (χ2n) is 8.97. The van der Waals surface area contributed by atoms with E-state index in [1.54, 1.807) is 42.2 Å². The van der Waals surface area contributed by atoms with Crippen molar-refractivity contribution in [3.05, 3.63) is 105 Å². The van der Waals surface area contributed by atoms with Crippen molar-refractivity contribution in [1.29, 1.82) is 0 Å². The third kappa shape index (κ3) is 6.61. The third-order valence-electron chi connectivity index (χ3n) is 6.21. The van der Waals surface area contributed by atoms with Gasteiger partial charge in [-0.05, 0) is 54.8 Å². The van der Waals surface area contributed by atoms with E-state index in [9.17, 15) is 14.4 Å². The van der Waals surface area contributed by atoms with Gasteiger partial charge in [-0.15, -0.1) is 0 Å². The van der Waals surface area contributed by atoms with Gasteiger partial charge in [0.15, 0.2) is 0 Å². The molecule has 1 heterocycles. The van der Waals surface area contributed by atoms with Crippen LogP contribution in [-0.4, -0.2) is 36.0 Å². The predicted molar refractivity (Wildman–Crippen MR) is 154 cm³/mol. The zero-order chi connectivity index (χ0) is 27.9. The summed E-state index contributed by atoms with van der Waals surface area (Å²) in [7, 11) is 0. The Bertz CT molecular complexity index is 1390. The van der Waals surface area contributed by atoms with Crippen LogP contribution in [0.5, 0.6) is 0 Å². The lowest BCUT2D eigenvalue weighted by molar-refractivity contribution is -0.138. The summed E-state index contributed by atoms with van der Waals surface area (Å²) < 4.78 is 5.48. The summed E-state index contributed by atoms with van der Waals surface area (Å²) in [5.74, 6) is -0.924. The number of rotatable bonds is 9. The molecule has 1 aliphatic heterocycles. The maximum atomic E-state index is 13.5. The number of unbranched alkanes of at least 4 members (excludes halogenated alkanes) is 1. The van der Waals surface area contributed by atoms with Crippen LogP contribution >= 0.6 is 23.2 Å². The Kier molecular flexibility index (Phi) is 9.28. The number of halogens is 2. The lowest BCUT2D eigenvalue weighted by Crippen LogP contribution is -2.48. The molecule has 0 bridgehead atoms. The molecule has 1 unspecified atom stereocenters. The number of benzene rings is 3. The first kappa shape index (κ1) is 28.2. The Morgan fingerprint density at radius 3 is 2.36 bits per heavy atom. The minimum atomic E-state index is -0.804. The number of hydrogen-bond acceptors (Lipinski definition) is 4. The van der Waals surface area contributed by atoms with E-state index in [0.717, 1.165) is 18.4 Å². The molecule has 0 saturated carbocycles. The molecule has 3 aromatic carbocycles. The number of nitrogens with one attached hydrogen (secondary N) is 2. The predicted octanol–water partition coefficient (Wildman–Crippen LogP) is 7.09. The molecule has 9 heteroatoms. The highest BCUT2D eigenvalue weighted by molar-refractivity contribution is 6.35. The van der Waals surface area contributed by atoms with Gasteiger partial charge in [0.2, 0.25) is 0 Å². The zero-order valence-corrected chi connectivity index (χ0v) is 23.2. The lowest BCUT2D eigenvalue weighted by atomic mass is 9.91. The third-order valence-corrected chi connectivity index (χ3v) is 6.64. The van der Waals surface area contributed by atoms with Crippen molar-refractivity contribution in [1.82, 2.24) is 10.2 Å². The van der Waals surface area contributed by atoms with Gasteiger partial charge >= 0.3 is 12.0 Å². The molecule has 0 aliphatic carbocycles. The highest BCUT2D eigenvalue weighted by Crippen LogP contribution is 2.37. The standard InChI is InChI=1S/C30H29Cl2N3O4/c1-3-5-14-35-27(19-10-7-6-8-11-19)25(29(37)39-4-2)26(34-30(35)38)20-12-9-13-24(17-20)33-28(36)21-15-22(31)18-23(32)16-21/h6-13,15-18,26H,3-5,14H2,1-2H3,(H,33,36)(H,34,38). The normalized spacial score (nSPS) is 15.1. The summed E-state index contributed by atoms with van der Waals surface area (Å²) in [4.78, 5) is 41.4. The van der Waals surface area contributed by atoms with Crippen molar-refractivity contribution in [3.63, 3.8) is 0 Å². The van der Waals surface area contributed by atoms with Gasteiger partial charge in [0.25, 0.3) is 5.91 Å². The SMILES string of the molecule is CCCCN1C(=O)NC(c2cccc(NC(=O)c3cc(Cl)cc(Cl)c3)c2)C(C(=O)OCC)=C1c1ccccc1. The van der Waals surface area contributed by atoms with Crippen molar-refractivity contribution in [2.75, 3.05) is 18.5 Å². The van der Waals surface area contributed by atoms with Crippen LogP contribution in [0.4, 0.5) is 10.5 Å². The molecule has 0 radical (unpaired) electrons. The van der Waals surface area contributed by atoms with Gasteiger partial charge in [0, 0.05) is 27.8 Å². The fourth-order valence-corrected chi connectivity index (χ4v) is 4.98. The van der Waals surface area contributed by atoms with Crippen molar-refractivity contribution in [2.45, 2.75) is 32.7 Å². The van der Waals surface area contributed by atoms with Gasteiger partial charge in [0.05, 0.1) is 23.9 Å². The van der Waals surface area contributed by atoms with Crippen LogP contribution in [0.3, 0.4) is 0 Å². The van der Waals surface area contributed by atoms with Crippen LogP contribution in [0, 0.1) is 0 Å². The molecule has 4 rings (SSSR count). The molecule has 0 fully saturated rings.